The molecular weight excluding hydrogens is 305 g/mol. The maximum atomic E-state index is 12.0. The highest BCUT2D eigenvalue weighted by molar-refractivity contribution is 6.35. The second-order valence-electron chi connectivity index (χ2n) is 5.88. The van der Waals surface area contributed by atoms with E-state index < -0.39 is 0 Å². The van der Waals surface area contributed by atoms with Crippen LogP contribution in [0.4, 0.5) is 0 Å². The van der Waals surface area contributed by atoms with E-state index in [0.29, 0.717) is 21.9 Å². The van der Waals surface area contributed by atoms with Crippen LogP contribution in [-0.4, -0.2) is 11.9 Å². The van der Waals surface area contributed by atoms with Crippen molar-refractivity contribution in [3.8, 4) is 0 Å². The Hall–Kier alpha value is -0.990. The molecule has 21 heavy (non-hydrogen) atoms. The lowest BCUT2D eigenvalue weighted by Crippen LogP contribution is -2.43. The average Bonchev–Trinajstić information content (AvgIpc) is 2.43. The van der Waals surface area contributed by atoms with Crippen LogP contribution in [0.5, 0.6) is 0 Å². The lowest BCUT2D eigenvalue weighted by Gasteiger charge is -2.34. The third kappa shape index (κ3) is 4.49. The zero-order valence-corrected chi connectivity index (χ0v) is 13.9. The summed E-state index contributed by atoms with van der Waals surface area (Å²) in [6.07, 6.45) is 6.77. The quantitative estimate of drug-likeness (QED) is 0.783. The molecule has 0 saturated heterocycles. The van der Waals surface area contributed by atoms with Gasteiger partial charge in [-0.15, -0.1) is 0 Å². The number of hydrogen-bond acceptors (Lipinski definition) is 1. The van der Waals surface area contributed by atoms with E-state index in [1.54, 1.807) is 30.4 Å². The van der Waals surface area contributed by atoms with E-state index in [2.05, 4.69) is 19.2 Å². The van der Waals surface area contributed by atoms with Gasteiger partial charge in [0.2, 0.25) is 5.91 Å². The molecule has 2 nitrogen and oxygen atoms in total. The fraction of sp³-hybridized carbons (Fsp3) is 0.471. The molecule has 0 unspecified atom stereocenters. The van der Waals surface area contributed by atoms with E-state index in [1.165, 1.54) is 12.8 Å². The fourth-order valence-corrected chi connectivity index (χ4v) is 3.29. The van der Waals surface area contributed by atoms with Gasteiger partial charge in [0.1, 0.15) is 0 Å². The van der Waals surface area contributed by atoms with E-state index in [0.717, 1.165) is 12.0 Å². The molecule has 0 radical (unpaired) electrons. The Morgan fingerprint density at radius 2 is 2.05 bits per heavy atom. The van der Waals surface area contributed by atoms with Gasteiger partial charge in [-0.1, -0.05) is 56.0 Å². The van der Waals surface area contributed by atoms with Crippen LogP contribution in [0.3, 0.4) is 0 Å². The lowest BCUT2D eigenvalue weighted by molar-refractivity contribution is -0.117. The van der Waals surface area contributed by atoms with Crippen molar-refractivity contribution in [2.24, 2.45) is 11.8 Å². The van der Waals surface area contributed by atoms with Gasteiger partial charge in [-0.2, -0.15) is 0 Å². The van der Waals surface area contributed by atoms with Crippen molar-refractivity contribution >= 4 is 35.2 Å². The molecule has 1 saturated carbocycles. The minimum absolute atomic E-state index is 0.0630. The number of benzene rings is 1. The monoisotopic (exact) mass is 325 g/mol. The molecule has 0 spiro atoms. The van der Waals surface area contributed by atoms with Gasteiger partial charge in [0, 0.05) is 22.2 Å². The summed E-state index contributed by atoms with van der Waals surface area (Å²) in [6.45, 7) is 4.47. The van der Waals surface area contributed by atoms with Crippen molar-refractivity contribution in [3.63, 3.8) is 0 Å². The van der Waals surface area contributed by atoms with Crippen LogP contribution < -0.4 is 5.32 Å². The Kier molecular flexibility index (Phi) is 5.72. The number of carbonyl (C=O) groups is 1. The summed E-state index contributed by atoms with van der Waals surface area (Å²) in [6, 6.07) is 5.51. The predicted octanol–water partition coefficient (Wildman–Crippen LogP) is 4.95. The molecule has 1 amide bonds. The molecule has 3 atom stereocenters. The molecule has 2 rings (SSSR count). The number of halogens is 2. The van der Waals surface area contributed by atoms with Crippen LogP contribution >= 0.6 is 23.2 Å². The van der Waals surface area contributed by atoms with Gasteiger partial charge in [0.05, 0.1) is 0 Å². The fourth-order valence-electron chi connectivity index (χ4n) is 2.82. The minimum atomic E-state index is -0.0630. The van der Waals surface area contributed by atoms with Gasteiger partial charge >= 0.3 is 0 Å². The van der Waals surface area contributed by atoms with Crippen molar-refractivity contribution in [2.75, 3.05) is 0 Å². The lowest BCUT2D eigenvalue weighted by atomic mass is 9.78. The van der Waals surface area contributed by atoms with Crippen LogP contribution in [0.2, 0.25) is 10.0 Å². The summed E-state index contributed by atoms with van der Waals surface area (Å²) in [5.74, 6) is 1.13. The molecule has 0 aliphatic heterocycles. The zero-order chi connectivity index (χ0) is 15.4. The largest absolute Gasteiger partial charge is 0.350 e. The van der Waals surface area contributed by atoms with Crippen molar-refractivity contribution in [2.45, 2.75) is 39.2 Å². The molecule has 0 bridgehead atoms. The first kappa shape index (κ1) is 16.4. The minimum Gasteiger partial charge on any atom is -0.350 e. The first-order valence-electron chi connectivity index (χ1n) is 7.41. The highest BCUT2D eigenvalue weighted by Gasteiger charge is 2.27. The molecule has 114 valence electrons. The number of carbonyl (C=O) groups excluding carboxylic acids is 1. The third-order valence-corrected chi connectivity index (χ3v) is 4.97. The first-order chi connectivity index (χ1) is 9.97. The number of rotatable bonds is 3. The molecule has 0 heterocycles. The molecule has 4 heteroatoms. The van der Waals surface area contributed by atoms with Crippen LogP contribution in [0, 0.1) is 11.8 Å². The predicted molar refractivity (Wildman–Crippen MR) is 89.6 cm³/mol. The van der Waals surface area contributed by atoms with E-state index in [9.17, 15) is 4.79 Å². The van der Waals surface area contributed by atoms with Gasteiger partial charge in [-0.3, -0.25) is 4.79 Å². The molecule has 0 aromatic heterocycles. The van der Waals surface area contributed by atoms with Crippen LogP contribution in [0.25, 0.3) is 6.08 Å². The van der Waals surface area contributed by atoms with Crippen LogP contribution in [0.1, 0.15) is 38.7 Å². The van der Waals surface area contributed by atoms with Gasteiger partial charge in [-0.25, -0.2) is 0 Å². The van der Waals surface area contributed by atoms with E-state index in [4.69, 9.17) is 23.2 Å². The van der Waals surface area contributed by atoms with E-state index in [1.807, 2.05) is 0 Å². The normalized spacial score (nSPS) is 26.0. The van der Waals surface area contributed by atoms with Gasteiger partial charge in [-0.05, 0) is 42.0 Å². The SMILES string of the molecule is C[C@H]1[C@@H](NC(=O)/C=C/c2ccc(Cl)cc2Cl)CCC[C@@H]1C. The van der Waals surface area contributed by atoms with Crippen molar-refractivity contribution < 1.29 is 4.79 Å². The van der Waals surface area contributed by atoms with Crippen LogP contribution in [-0.2, 0) is 4.79 Å². The van der Waals surface area contributed by atoms with Crippen molar-refractivity contribution in [1.82, 2.24) is 5.32 Å². The highest BCUT2D eigenvalue weighted by atomic mass is 35.5. The topological polar surface area (TPSA) is 29.1 Å². The maximum Gasteiger partial charge on any atom is 0.244 e. The van der Waals surface area contributed by atoms with Gasteiger partial charge < -0.3 is 5.32 Å². The van der Waals surface area contributed by atoms with E-state index in [-0.39, 0.29) is 11.9 Å². The Balaban J connectivity index is 1.96. The van der Waals surface area contributed by atoms with Crippen molar-refractivity contribution in [3.05, 3.63) is 39.9 Å². The summed E-state index contributed by atoms with van der Waals surface area (Å²) in [7, 11) is 0. The smallest absolute Gasteiger partial charge is 0.244 e. The second-order valence-corrected chi connectivity index (χ2v) is 6.73. The second kappa shape index (κ2) is 7.33. The molecule has 1 fully saturated rings. The number of hydrogen-bond donors (Lipinski definition) is 1. The summed E-state index contributed by atoms with van der Waals surface area (Å²) in [5, 5.41) is 4.24. The third-order valence-electron chi connectivity index (χ3n) is 4.41. The average molecular weight is 326 g/mol. The summed E-state index contributed by atoms with van der Waals surface area (Å²) >= 11 is 11.9. The van der Waals surface area contributed by atoms with Gasteiger partial charge in [0.15, 0.2) is 0 Å². The Bertz CT molecular complexity index is 542. The van der Waals surface area contributed by atoms with Crippen molar-refractivity contribution in [1.29, 1.82) is 0 Å². The number of amides is 1. The van der Waals surface area contributed by atoms with E-state index >= 15 is 0 Å². The highest BCUT2D eigenvalue weighted by Crippen LogP contribution is 2.29. The standard InChI is InChI=1S/C17H21Cl2NO/c1-11-4-3-5-16(12(11)2)20-17(21)9-7-13-6-8-14(18)10-15(13)19/h6-12,16H,3-5H2,1-2H3,(H,20,21)/b9-7+/t11-,12+,16-/m0/s1. The number of nitrogens with one attached hydrogen (secondary N) is 1. The molecule has 1 aliphatic rings. The summed E-state index contributed by atoms with van der Waals surface area (Å²) in [4.78, 5) is 12.0. The molecule has 1 aliphatic carbocycles. The molecular formula is C17H21Cl2NO. The van der Waals surface area contributed by atoms with Crippen LogP contribution in [0.15, 0.2) is 24.3 Å². The zero-order valence-electron chi connectivity index (χ0n) is 12.4. The Morgan fingerprint density at radius 1 is 1.29 bits per heavy atom. The molecule has 1 aromatic rings. The molecule has 1 N–H and O–H groups in total. The summed E-state index contributed by atoms with van der Waals surface area (Å²) in [5.41, 5.74) is 0.793. The van der Waals surface area contributed by atoms with Gasteiger partial charge in [0.25, 0.3) is 0 Å². The Morgan fingerprint density at radius 3 is 2.76 bits per heavy atom. The molecule has 1 aromatic carbocycles. The first-order valence-corrected chi connectivity index (χ1v) is 8.16. The maximum absolute atomic E-state index is 12.0. The summed E-state index contributed by atoms with van der Waals surface area (Å²) < 4.78 is 0. The Labute approximate surface area is 136 Å².